The number of ketones is 1. The van der Waals surface area contributed by atoms with Gasteiger partial charge in [0.15, 0.2) is 5.78 Å². The van der Waals surface area contributed by atoms with Gasteiger partial charge in [-0.05, 0) is 31.6 Å². The molecule has 0 bridgehead atoms. The molecule has 38 heavy (non-hydrogen) atoms. The minimum absolute atomic E-state index is 0.00771. The predicted octanol–water partition coefficient (Wildman–Crippen LogP) is -2.07. The second-order valence-corrected chi connectivity index (χ2v) is 10.7. The van der Waals surface area contributed by atoms with Gasteiger partial charge in [0.25, 0.3) is 0 Å². The summed E-state index contributed by atoms with van der Waals surface area (Å²) in [7, 11) is 0. The molecule has 218 valence electrons. The highest BCUT2D eigenvalue weighted by molar-refractivity contribution is 5.96. The second kappa shape index (κ2) is 16.4. The number of hydrogen-bond acceptors (Lipinski definition) is 9. The lowest BCUT2D eigenvalue weighted by Crippen LogP contribution is -2.55. The zero-order chi connectivity index (χ0) is 28.9. The highest BCUT2D eigenvalue weighted by Crippen LogP contribution is 2.14. The van der Waals surface area contributed by atoms with E-state index in [0.717, 1.165) is 0 Å². The summed E-state index contributed by atoms with van der Waals surface area (Å²) in [6.07, 6.45) is 0.534. The smallest absolute Gasteiger partial charge is 0.243 e. The largest absolute Gasteiger partial charge is 0.393 e. The lowest BCUT2D eigenvalue weighted by Gasteiger charge is -2.27. The van der Waals surface area contributed by atoms with E-state index in [1.165, 1.54) is 6.92 Å². The Labute approximate surface area is 224 Å². The topological polar surface area (TPSA) is 186 Å². The van der Waals surface area contributed by atoms with Gasteiger partial charge in [-0.2, -0.15) is 0 Å². The maximum absolute atomic E-state index is 12.8. The van der Waals surface area contributed by atoms with Crippen LogP contribution in [0.25, 0.3) is 0 Å². The van der Waals surface area contributed by atoms with Crippen molar-refractivity contribution in [2.45, 2.75) is 65.1 Å². The number of hydrogen-bond donors (Lipinski definition) is 6. The number of ether oxygens (including phenoxy) is 1. The monoisotopic (exact) mass is 543 g/mol. The van der Waals surface area contributed by atoms with Gasteiger partial charge in [0.2, 0.25) is 23.6 Å². The zero-order valence-electron chi connectivity index (χ0n) is 23.2. The molecule has 1 saturated heterocycles. The van der Waals surface area contributed by atoms with E-state index >= 15 is 0 Å². The van der Waals surface area contributed by atoms with Crippen molar-refractivity contribution in [3.05, 3.63) is 0 Å². The Morgan fingerprint density at radius 3 is 1.87 bits per heavy atom. The van der Waals surface area contributed by atoms with Crippen LogP contribution in [0.1, 0.15) is 47.5 Å². The number of morpholine rings is 1. The minimum Gasteiger partial charge on any atom is -0.393 e. The Morgan fingerprint density at radius 2 is 1.34 bits per heavy atom. The van der Waals surface area contributed by atoms with E-state index in [9.17, 15) is 34.2 Å². The number of aliphatic hydroxyl groups is 2. The molecule has 1 aliphatic heterocycles. The van der Waals surface area contributed by atoms with Crippen molar-refractivity contribution < 1.29 is 38.9 Å². The number of aliphatic hydroxyl groups excluding tert-OH is 1. The van der Waals surface area contributed by atoms with Crippen molar-refractivity contribution in [3.63, 3.8) is 0 Å². The first-order valence-corrected chi connectivity index (χ1v) is 13.1. The Hall–Kier alpha value is -2.61. The summed E-state index contributed by atoms with van der Waals surface area (Å²) in [6.45, 7) is 9.57. The Kier molecular flexibility index (Phi) is 14.4. The molecule has 1 aliphatic rings. The van der Waals surface area contributed by atoms with Crippen LogP contribution in [0.3, 0.4) is 0 Å². The molecule has 0 saturated carbocycles. The van der Waals surface area contributed by atoms with Gasteiger partial charge in [0.1, 0.15) is 11.6 Å². The molecule has 0 aliphatic carbocycles. The van der Waals surface area contributed by atoms with E-state index in [1.807, 2.05) is 32.6 Å². The SMILES string of the molecule is CC(C)CC(NC(=O)CNC(=O)[C@H](CC(C)C)NC(=O)CNC(=O)CN1CCOCC1)C(=O)[C@](C)(O)CO. The molecular formula is C25H45N5O8. The lowest BCUT2D eigenvalue weighted by atomic mass is 9.90. The number of nitrogens with zero attached hydrogens (tertiary/aromatic N) is 1. The minimum atomic E-state index is -2.01. The molecule has 1 fully saturated rings. The normalized spacial score (nSPS) is 17.3. The van der Waals surface area contributed by atoms with Crippen LogP contribution in [0.15, 0.2) is 0 Å². The summed E-state index contributed by atoms with van der Waals surface area (Å²) in [5, 5.41) is 29.5. The van der Waals surface area contributed by atoms with Gasteiger partial charge in [-0.25, -0.2) is 0 Å². The molecule has 0 radical (unpaired) electrons. The molecule has 13 heteroatoms. The molecule has 0 spiro atoms. The number of carbonyl (C=O) groups excluding carboxylic acids is 5. The zero-order valence-corrected chi connectivity index (χ0v) is 23.2. The highest BCUT2D eigenvalue weighted by Gasteiger charge is 2.36. The maximum atomic E-state index is 12.8. The summed E-state index contributed by atoms with van der Waals surface area (Å²) in [5.41, 5.74) is -2.01. The van der Waals surface area contributed by atoms with Gasteiger partial charge < -0.3 is 36.2 Å². The van der Waals surface area contributed by atoms with Crippen LogP contribution in [0.4, 0.5) is 0 Å². The third-order valence-electron chi connectivity index (χ3n) is 5.90. The Balaban J connectivity index is 2.62. The first kappa shape index (κ1) is 33.4. The number of nitrogens with one attached hydrogen (secondary N) is 4. The standard InChI is InChI=1S/C25H45N5O8/c1-16(2)10-18(23(35)25(5,37)15-31)28-21(33)13-27-24(36)19(11-17(3)4)29-20(32)12-26-22(34)14-30-6-8-38-9-7-30/h16-19,31,37H,6-15H2,1-5H3,(H,26,34)(H,27,36)(H,28,33)(H,29,32)/t18?,19-,25+/m0/s1. The third kappa shape index (κ3) is 12.8. The number of carbonyl (C=O) groups is 5. The van der Waals surface area contributed by atoms with Gasteiger partial charge in [-0.15, -0.1) is 0 Å². The summed E-state index contributed by atoms with van der Waals surface area (Å²) >= 11 is 0. The van der Waals surface area contributed by atoms with Gasteiger partial charge in [-0.1, -0.05) is 27.7 Å². The van der Waals surface area contributed by atoms with Crippen molar-refractivity contribution in [2.24, 2.45) is 11.8 Å². The molecule has 0 aromatic rings. The fourth-order valence-electron chi connectivity index (χ4n) is 3.84. The average Bonchev–Trinajstić information content (AvgIpc) is 2.84. The van der Waals surface area contributed by atoms with E-state index in [1.54, 1.807) is 0 Å². The van der Waals surface area contributed by atoms with Gasteiger partial charge in [0, 0.05) is 13.1 Å². The fraction of sp³-hybridized carbons (Fsp3) is 0.800. The first-order valence-electron chi connectivity index (χ1n) is 13.1. The van der Waals surface area contributed by atoms with Crippen LogP contribution >= 0.6 is 0 Å². The van der Waals surface area contributed by atoms with Gasteiger partial charge in [-0.3, -0.25) is 28.9 Å². The van der Waals surface area contributed by atoms with Gasteiger partial charge >= 0.3 is 0 Å². The summed E-state index contributed by atoms with van der Waals surface area (Å²) < 4.78 is 5.24. The first-order chi connectivity index (χ1) is 17.7. The van der Waals surface area contributed by atoms with E-state index in [2.05, 4.69) is 21.3 Å². The van der Waals surface area contributed by atoms with Crippen LogP contribution in [-0.4, -0.2) is 115 Å². The van der Waals surface area contributed by atoms with Crippen LogP contribution < -0.4 is 21.3 Å². The van der Waals surface area contributed by atoms with Crippen molar-refractivity contribution in [1.82, 2.24) is 26.2 Å². The molecule has 1 rings (SSSR count). The molecule has 4 amide bonds. The van der Waals surface area contributed by atoms with Crippen LogP contribution in [-0.2, 0) is 28.7 Å². The molecule has 13 nitrogen and oxygen atoms in total. The summed E-state index contributed by atoms with van der Waals surface area (Å²) in [5.74, 6) is -2.77. The van der Waals surface area contributed by atoms with E-state index in [-0.39, 0.29) is 37.3 Å². The summed E-state index contributed by atoms with van der Waals surface area (Å²) in [6, 6.07) is -1.98. The van der Waals surface area contributed by atoms with Crippen LogP contribution in [0.5, 0.6) is 0 Å². The fourth-order valence-corrected chi connectivity index (χ4v) is 3.84. The van der Waals surface area contributed by atoms with E-state index in [4.69, 9.17) is 4.74 Å². The molecule has 1 heterocycles. The highest BCUT2D eigenvalue weighted by atomic mass is 16.5. The summed E-state index contributed by atoms with van der Waals surface area (Å²) in [4.78, 5) is 64.3. The predicted molar refractivity (Wildman–Crippen MR) is 139 cm³/mol. The Morgan fingerprint density at radius 1 is 0.842 bits per heavy atom. The van der Waals surface area contributed by atoms with Crippen molar-refractivity contribution >= 4 is 29.4 Å². The van der Waals surface area contributed by atoms with Gasteiger partial charge in [0.05, 0.1) is 45.5 Å². The van der Waals surface area contributed by atoms with Crippen molar-refractivity contribution in [2.75, 3.05) is 52.5 Å². The van der Waals surface area contributed by atoms with Crippen molar-refractivity contribution in [1.29, 1.82) is 0 Å². The van der Waals surface area contributed by atoms with E-state index < -0.39 is 54.3 Å². The third-order valence-corrected chi connectivity index (χ3v) is 5.90. The molecule has 3 atom stereocenters. The second-order valence-electron chi connectivity index (χ2n) is 10.7. The number of amides is 4. The quantitative estimate of drug-likeness (QED) is 0.127. The number of rotatable bonds is 16. The molecule has 0 aromatic carbocycles. The average molecular weight is 544 g/mol. The molecule has 0 aromatic heterocycles. The number of Topliss-reactive ketones (excluding diaryl/α,β-unsaturated/α-hetero) is 1. The van der Waals surface area contributed by atoms with Crippen LogP contribution in [0.2, 0.25) is 0 Å². The van der Waals surface area contributed by atoms with Crippen molar-refractivity contribution in [3.8, 4) is 0 Å². The van der Waals surface area contributed by atoms with E-state index in [0.29, 0.717) is 32.7 Å². The lowest BCUT2D eigenvalue weighted by molar-refractivity contribution is -0.143. The molecule has 1 unspecified atom stereocenters. The van der Waals surface area contributed by atoms with Crippen LogP contribution in [0, 0.1) is 11.8 Å². The maximum Gasteiger partial charge on any atom is 0.243 e. The Bertz CT molecular complexity index is 812. The molecule has 6 N–H and O–H groups in total. The molecular weight excluding hydrogens is 498 g/mol.